The van der Waals surface area contributed by atoms with Crippen LogP contribution in [0, 0.1) is 21.4 Å². The Hall–Kier alpha value is -3.41. The van der Waals surface area contributed by atoms with Crippen LogP contribution in [0.2, 0.25) is 0 Å². The number of amides is 1. The van der Waals surface area contributed by atoms with Crippen LogP contribution in [-0.4, -0.2) is 28.5 Å². The molecule has 3 N–H and O–H groups in total. The number of carbonyl (C=O) groups excluding carboxylic acids is 1. The lowest BCUT2D eigenvalue weighted by Crippen LogP contribution is -2.30. The second-order valence-corrected chi connectivity index (χ2v) is 3.69. The van der Waals surface area contributed by atoms with E-state index in [0.717, 1.165) is 6.20 Å². The number of nitro benzene ring substituents is 1. The van der Waals surface area contributed by atoms with Crippen molar-refractivity contribution in [2.75, 3.05) is 11.9 Å². The highest BCUT2D eigenvalue weighted by Gasteiger charge is 2.10. The predicted molar refractivity (Wildman–Crippen MR) is 71.1 cm³/mol. The molecule has 0 saturated carbocycles. The fourth-order valence-corrected chi connectivity index (χ4v) is 1.23. The number of hydrogen-bond acceptors (Lipinski definition) is 6. The maximum atomic E-state index is 11.4. The number of anilines is 1. The van der Waals surface area contributed by atoms with Crippen LogP contribution in [0.15, 0.2) is 36.0 Å². The van der Waals surface area contributed by atoms with Gasteiger partial charge in [0.1, 0.15) is 18.2 Å². The number of nitrogens with zero attached hydrogens (tertiary/aromatic N) is 2. The largest absolute Gasteiger partial charge is 0.480 e. The van der Waals surface area contributed by atoms with E-state index in [4.69, 9.17) is 10.4 Å². The normalized spacial score (nSPS) is 10.3. The van der Waals surface area contributed by atoms with E-state index in [1.54, 1.807) is 6.07 Å². The van der Waals surface area contributed by atoms with Crippen molar-refractivity contribution in [2.24, 2.45) is 0 Å². The van der Waals surface area contributed by atoms with Crippen LogP contribution in [0.25, 0.3) is 0 Å². The maximum Gasteiger partial charge on any atom is 0.322 e. The van der Waals surface area contributed by atoms with E-state index in [1.165, 1.54) is 24.3 Å². The molecule has 0 radical (unpaired) electrons. The smallest absolute Gasteiger partial charge is 0.322 e. The van der Waals surface area contributed by atoms with E-state index in [9.17, 15) is 19.7 Å². The lowest BCUT2D eigenvalue weighted by atomic mass is 10.2. The highest BCUT2D eigenvalue weighted by atomic mass is 16.6. The summed E-state index contributed by atoms with van der Waals surface area (Å²) in [4.78, 5) is 31.7. The van der Waals surface area contributed by atoms with Gasteiger partial charge in [0.05, 0.1) is 4.92 Å². The number of nitriles is 1. The van der Waals surface area contributed by atoms with Crippen molar-refractivity contribution in [1.29, 1.82) is 5.26 Å². The molecule has 1 amide bonds. The third kappa shape index (κ3) is 4.99. The number of nitrogens with one attached hydrogen (secondary N) is 2. The molecule has 0 bridgehead atoms. The van der Waals surface area contributed by atoms with Gasteiger partial charge in [-0.2, -0.15) is 5.26 Å². The number of carbonyl (C=O) groups is 2. The standard InChI is InChI=1S/C12H10N4O5/c13-5-8(12(19)15-7-11(17)18)6-14-9-1-3-10(4-2-9)16(20)21/h1-4,6,14H,7H2,(H,15,19)(H,17,18)/b8-6-. The molecule has 0 unspecified atom stereocenters. The van der Waals surface area contributed by atoms with Crippen molar-refractivity contribution < 1.29 is 19.6 Å². The molecule has 1 aromatic rings. The van der Waals surface area contributed by atoms with Gasteiger partial charge in [0.25, 0.3) is 11.6 Å². The molecule has 1 aromatic carbocycles. The first-order valence-electron chi connectivity index (χ1n) is 5.55. The summed E-state index contributed by atoms with van der Waals surface area (Å²) in [6.45, 7) is -0.602. The Balaban J connectivity index is 2.72. The van der Waals surface area contributed by atoms with E-state index in [0.29, 0.717) is 5.69 Å². The molecule has 0 aromatic heterocycles. The molecular weight excluding hydrogens is 280 g/mol. The number of benzene rings is 1. The molecular formula is C12H10N4O5. The Morgan fingerprint density at radius 2 is 2.00 bits per heavy atom. The van der Waals surface area contributed by atoms with Crippen LogP contribution in [0.3, 0.4) is 0 Å². The summed E-state index contributed by atoms with van der Waals surface area (Å²) in [6, 6.07) is 6.93. The summed E-state index contributed by atoms with van der Waals surface area (Å²) < 4.78 is 0. The molecule has 9 heteroatoms. The van der Waals surface area contributed by atoms with Crippen LogP contribution in [0.5, 0.6) is 0 Å². The second-order valence-electron chi connectivity index (χ2n) is 3.69. The molecule has 0 heterocycles. The predicted octanol–water partition coefficient (Wildman–Crippen LogP) is 0.615. The minimum absolute atomic E-state index is 0.0933. The molecule has 9 nitrogen and oxygen atoms in total. The first kappa shape index (κ1) is 15.6. The monoisotopic (exact) mass is 290 g/mol. The minimum atomic E-state index is -1.23. The van der Waals surface area contributed by atoms with Crippen LogP contribution in [-0.2, 0) is 9.59 Å². The van der Waals surface area contributed by atoms with Gasteiger partial charge in [0, 0.05) is 24.0 Å². The number of aliphatic carboxylic acids is 1. The number of non-ortho nitro benzene ring substituents is 1. The highest BCUT2D eigenvalue weighted by molar-refractivity contribution is 5.98. The summed E-state index contributed by atoms with van der Waals surface area (Å²) in [7, 11) is 0. The third-order valence-corrected chi connectivity index (χ3v) is 2.23. The topological polar surface area (TPSA) is 145 Å². The van der Waals surface area contributed by atoms with Crippen LogP contribution >= 0.6 is 0 Å². The number of nitro groups is 1. The fraction of sp³-hybridized carbons (Fsp3) is 0.0833. The van der Waals surface area contributed by atoms with Gasteiger partial charge in [0.2, 0.25) is 0 Å². The van der Waals surface area contributed by atoms with E-state index in [1.807, 2.05) is 5.32 Å². The SMILES string of the molecule is N#C/C(=C/Nc1ccc([N+](=O)[O-])cc1)C(=O)NCC(=O)O. The van der Waals surface area contributed by atoms with Crippen molar-refractivity contribution in [3.8, 4) is 6.07 Å². The van der Waals surface area contributed by atoms with Crippen molar-refractivity contribution in [3.63, 3.8) is 0 Å². The van der Waals surface area contributed by atoms with Crippen LogP contribution in [0.1, 0.15) is 0 Å². The van der Waals surface area contributed by atoms with E-state index < -0.39 is 23.3 Å². The van der Waals surface area contributed by atoms with Gasteiger partial charge >= 0.3 is 5.97 Å². The Labute approximate surface area is 118 Å². The lowest BCUT2D eigenvalue weighted by Gasteiger charge is -2.03. The van der Waals surface area contributed by atoms with Gasteiger partial charge in [-0.15, -0.1) is 0 Å². The second kappa shape index (κ2) is 7.25. The number of hydrogen-bond donors (Lipinski definition) is 3. The molecule has 0 saturated heterocycles. The van der Waals surface area contributed by atoms with E-state index >= 15 is 0 Å². The zero-order valence-electron chi connectivity index (χ0n) is 10.6. The number of carboxylic acids is 1. The minimum Gasteiger partial charge on any atom is -0.480 e. The van der Waals surface area contributed by atoms with E-state index in [-0.39, 0.29) is 11.3 Å². The van der Waals surface area contributed by atoms with Crippen molar-refractivity contribution >= 4 is 23.3 Å². The summed E-state index contributed by atoms with van der Waals surface area (Å²) in [5.41, 5.74) is 0.0122. The number of carboxylic acid groups (broad SMARTS) is 1. The fourth-order valence-electron chi connectivity index (χ4n) is 1.23. The van der Waals surface area contributed by atoms with Crippen molar-refractivity contribution in [2.45, 2.75) is 0 Å². The van der Waals surface area contributed by atoms with Crippen LogP contribution < -0.4 is 10.6 Å². The average Bonchev–Trinajstić information content (AvgIpc) is 2.46. The molecule has 0 aliphatic carbocycles. The van der Waals surface area contributed by atoms with Crippen LogP contribution in [0.4, 0.5) is 11.4 Å². The van der Waals surface area contributed by atoms with E-state index in [2.05, 4.69) is 5.32 Å². The molecule has 0 fully saturated rings. The van der Waals surface area contributed by atoms with Gasteiger partial charge < -0.3 is 15.7 Å². The molecule has 0 aliphatic rings. The Bertz CT molecular complexity index is 630. The molecule has 0 spiro atoms. The third-order valence-electron chi connectivity index (χ3n) is 2.23. The summed E-state index contributed by atoms with van der Waals surface area (Å²) in [5, 5.41) is 32.3. The molecule has 108 valence electrons. The molecule has 0 aliphatic heterocycles. The Kier molecular flexibility index (Phi) is 5.40. The number of rotatable bonds is 6. The average molecular weight is 290 g/mol. The van der Waals surface area contributed by atoms with Crippen molar-refractivity contribution in [1.82, 2.24) is 5.32 Å². The summed E-state index contributed by atoms with van der Waals surface area (Å²) >= 11 is 0. The van der Waals surface area contributed by atoms with Gasteiger partial charge in [-0.25, -0.2) is 0 Å². The quantitative estimate of drug-likeness (QED) is 0.301. The zero-order valence-corrected chi connectivity index (χ0v) is 10.6. The Morgan fingerprint density at radius 3 is 2.48 bits per heavy atom. The maximum absolute atomic E-state index is 11.4. The molecule has 0 atom stereocenters. The first-order valence-corrected chi connectivity index (χ1v) is 5.55. The zero-order chi connectivity index (χ0) is 15.8. The van der Waals surface area contributed by atoms with Gasteiger partial charge in [-0.05, 0) is 12.1 Å². The molecule has 1 rings (SSSR count). The molecule has 21 heavy (non-hydrogen) atoms. The Morgan fingerprint density at radius 1 is 1.38 bits per heavy atom. The summed E-state index contributed by atoms with van der Waals surface area (Å²) in [5.74, 6) is -2.07. The summed E-state index contributed by atoms with van der Waals surface area (Å²) in [6.07, 6.45) is 1.08. The van der Waals surface area contributed by atoms with Gasteiger partial charge in [-0.3, -0.25) is 19.7 Å². The first-order chi connectivity index (χ1) is 9.93. The van der Waals surface area contributed by atoms with Crippen molar-refractivity contribution in [3.05, 3.63) is 46.2 Å². The lowest BCUT2D eigenvalue weighted by molar-refractivity contribution is -0.384. The highest BCUT2D eigenvalue weighted by Crippen LogP contribution is 2.15. The van der Waals surface area contributed by atoms with Gasteiger partial charge in [0.15, 0.2) is 0 Å². The van der Waals surface area contributed by atoms with Gasteiger partial charge in [-0.1, -0.05) is 0 Å².